The van der Waals surface area contributed by atoms with E-state index in [1.54, 1.807) is 6.20 Å². The van der Waals surface area contributed by atoms with Crippen molar-refractivity contribution in [3.63, 3.8) is 0 Å². The van der Waals surface area contributed by atoms with Crippen molar-refractivity contribution in [3.8, 4) is 0 Å². The molecule has 34 heavy (non-hydrogen) atoms. The Balaban J connectivity index is 1.29. The summed E-state index contributed by atoms with van der Waals surface area (Å²) in [5.41, 5.74) is 5.94. The maximum absolute atomic E-state index is 13.2. The Morgan fingerprint density at radius 1 is 0.853 bits per heavy atom. The van der Waals surface area contributed by atoms with Crippen LogP contribution in [-0.2, 0) is 0 Å². The van der Waals surface area contributed by atoms with Crippen molar-refractivity contribution in [1.82, 2.24) is 19.4 Å². The Hall–Kier alpha value is -3.15. The van der Waals surface area contributed by atoms with Gasteiger partial charge < -0.3 is 9.80 Å². The third kappa shape index (κ3) is 4.33. The summed E-state index contributed by atoms with van der Waals surface area (Å²) in [6.45, 7) is 9.52. The van der Waals surface area contributed by atoms with Gasteiger partial charge in [0.05, 0.1) is 17.3 Å². The van der Waals surface area contributed by atoms with E-state index in [0.29, 0.717) is 17.4 Å². The van der Waals surface area contributed by atoms with Gasteiger partial charge in [0, 0.05) is 37.9 Å². The molecular formula is C28H34N4O2. The van der Waals surface area contributed by atoms with Crippen LogP contribution in [0.2, 0.25) is 0 Å². The first-order valence-corrected chi connectivity index (χ1v) is 12.5. The first-order valence-electron chi connectivity index (χ1n) is 12.5. The van der Waals surface area contributed by atoms with E-state index in [2.05, 4.69) is 38.0 Å². The fourth-order valence-corrected chi connectivity index (χ4v) is 5.27. The molecule has 0 N–H and O–H groups in total. The molecule has 0 saturated carbocycles. The van der Waals surface area contributed by atoms with Gasteiger partial charge in [0.1, 0.15) is 0 Å². The van der Waals surface area contributed by atoms with Crippen molar-refractivity contribution in [3.05, 3.63) is 70.5 Å². The maximum atomic E-state index is 13.2. The highest BCUT2D eigenvalue weighted by molar-refractivity contribution is 6.00. The van der Waals surface area contributed by atoms with Gasteiger partial charge in [0.25, 0.3) is 11.8 Å². The van der Waals surface area contributed by atoms with Gasteiger partial charge in [0.2, 0.25) is 0 Å². The third-order valence-corrected chi connectivity index (χ3v) is 7.85. The molecule has 4 heterocycles. The lowest BCUT2D eigenvalue weighted by Crippen LogP contribution is -2.38. The molecule has 2 saturated heterocycles. The Labute approximate surface area is 201 Å². The summed E-state index contributed by atoms with van der Waals surface area (Å²) in [7, 11) is 0. The molecule has 0 bridgehead atoms. The van der Waals surface area contributed by atoms with Gasteiger partial charge in [-0.05, 0) is 92.3 Å². The molecule has 1 aromatic carbocycles. The Kier molecular flexibility index (Phi) is 6.15. The van der Waals surface area contributed by atoms with Crippen molar-refractivity contribution < 1.29 is 9.59 Å². The lowest BCUT2D eigenvalue weighted by molar-refractivity contribution is 0.0695. The minimum atomic E-state index is 0.0906. The van der Waals surface area contributed by atoms with E-state index < -0.39 is 0 Å². The number of hydrogen-bond acceptors (Lipinski definition) is 3. The third-order valence-electron chi connectivity index (χ3n) is 7.85. The van der Waals surface area contributed by atoms with Crippen LogP contribution in [-0.4, -0.2) is 57.4 Å². The molecular weight excluding hydrogens is 424 g/mol. The number of fused-ring (bicyclic) bond motifs is 1. The van der Waals surface area contributed by atoms with Crippen LogP contribution in [0.4, 0.5) is 0 Å². The van der Waals surface area contributed by atoms with Gasteiger partial charge in [-0.25, -0.2) is 4.52 Å². The molecule has 5 rings (SSSR count). The minimum Gasteiger partial charge on any atom is -0.339 e. The first-order chi connectivity index (χ1) is 16.4. The highest BCUT2D eigenvalue weighted by atomic mass is 16.2. The zero-order chi connectivity index (χ0) is 23.8. The smallest absolute Gasteiger partial charge is 0.257 e. The molecule has 2 amide bonds. The fraction of sp³-hybridized carbons (Fsp3) is 0.464. The number of carbonyl (C=O) groups is 2. The van der Waals surface area contributed by atoms with Crippen molar-refractivity contribution in [2.45, 2.75) is 52.4 Å². The van der Waals surface area contributed by atoms with Crippen LogP contribution >= 0.6 is 0 Å². The van der Waals surface area contributed by atoms with E-state index in [0.717, 1.165) is 68.5 Å². The summed E-state index contributed by atoms with van der Waals surface area (Å²) in [6, 6.07) is 10.2. The van der Waals surface area contributed by atoms with Gasteiger partial charge in [-0.3, -0.25) is 9.59 Å². The monoisotopic (exact) mass is 458 g/mol. The van der Waals surface area contributed by atoms with E-state index in [1.807, 2.05) is 38.7 Å². The van der Waals surface area contributed by atoms with Gasteiger partial charge in [-0.1, -0.05) is 13.0 Å². The summed E-state index contributed by atoms with van der Waals surface area (Å²) >= 11 is 0. The molecule has 6 heteroatoms. The molecule has 0 radical (unpaired) electrons. The average Bonchev–Trinajstić information content (AvgIpc) is 3.29. The maximum Gasteiger partial charge on any atom is 0.257 e. The first kappa shape index (κ1) is 22.6. The molecule has 2 fully saturated rings. The van der Waals surface area contributed by atoms with E-state index in [-0.39, 0.29) is 11.8 Å². The Morgan fingerprint density at radius 2 is 1.53 bits per heavy atom. The lowest BCUT2D eigenvalue weighted by atomic mass is 9.89. The Morgan fingerprint density at radius 3 is 2.24 bits per heavy atom. The van der Waals surface area contributed by atoms with Crippen molar-refractivity contribution in [2.24, 2.45) is 5.92 Å². The van der Waals surface area contributed by atoms with Crippen LogP contribution in [0.1, 0.15) is 75.9 Å². The standard InChI is InChI=1S/C28H34N4O2/c1-19-6-11-31(12-7-19)28(34)25-18-29-32-15-10-23(17-26(25)32)22-8-13-30(14-9-22)27(33)24-5-4-20(2)21(3)16-24/h4-5,10,15-19,22H,6-9,11-14H2,1-3H3. The van der Waals surface area contributed by atoms with Crippen molar-refractivity contribution in [2.75, 3.05) is 26.2 Å². The minimum absolute atomic E-state index is 0.0906. The summed E-state index contributed by atoms with van der Waals surface area (Å²) in [4.78, 5) is 30.2. The average molecular weight is 459 g/mol. The summed E-state index contributed by atoms with van der Waals surface area (Å²) in [5.74, 6) is 1.28. The van der Waals surface area contributed by atoms with Gasteiger partial charge in [-0.15, -0.1) is 0 Å². The molecule has 0 atom stereocenters. The van der Waals surface area contributed by atoms with Crippen molar-refractivity contribution in [1.29, 1.82) is 0 Å². The van der Waals surface area contributed by atoms with Crippen LogP contribution < -0.4 is 0 Å². The second-order valence-corrected chi connectivity index (χ2v) is 10.2. The lowest BCUT2D eigenvalue weighted by Gasteiger charge is -2.32. The van der Waals surface area contributed by atoms with E-state index in [9.17, 15) is 9.59 Å². The second kappa shape index (κ2) is 9.24. The number of nitrogens with zero attached hydrogens (tertiary/aromatic N) is 4. The number of amides is 2. The molecule has 0 spiro atoms. The van der Waals surface area contributed by atoms with Crippen LogP contribution in [0.3, 0.4) is 0 Å². The fourth-order valence-electron chi connectivity index (χ4n) is 5.27. The molecule has 2 aliphatic heterocycles. The number of pyridine rings is 1. The van der Waals surface area contributed by atoms with Gasteiger partial charge >= 0.3 is 0 Å². The van der Waals surface area contributed by atoms with Gasteiger partial charge in [-0.2, -0.15) is 5.10 Å². The SMILES string of the molecule is Cc1ccc(C(=O)N2CCC(c3ccn4ncc(C(=O)N5CCC(C)CC5)c4c3)CC2)cc1C. The van der Waals surface area contributed by atoms with E-state index in [4.69, 9.17) is 0 Å². The van der Waals surface area contributed by atoms with Crippen molar-refractivity contribution >= 4 is 17.3 Å². The summed E-state index contributed by atoms with van der Waals surface area (Å²) in [6.07, 6.45) is 7.66. The highest BCUT2D eigenvalue weighted by Gasteiger charge is 2.27. The second-order valence-electron chi connectivity index (χ2n) is 10.2. The zero-order valence-corrected chi connectivity index (χ0v) is 20.5. The number of hydrogen-bond donors (Lipinski definition) is 0. The van der Waals surface area contributed by atoms with Crippen LogP contribution in [0, 0.1) is 19.8 Å². The van der Waals surface area contributed by atoms with E-state index >= 15 is 0 Å². The van der Waals surface area contributed by atoms with Crippen LogP contribution in [0.15, 0.2) is 42.7 Å². The Bertz CT molecular complexity index is 1210. The van der Waals surface area contributed by atoms with Crippen LogP contribution in [0.25, 0.3) is 5.52 Å². The highest BCUT2D eigenvalue weighted by Crippen LogP contribution is 2.30. The largest absolute Gasteiger partial charge is 0.339 e. The number of rotatable bonds is 3. The molecule has 0 aliphatic carbocycles. The number of carbonyl (C=O) groups excluding carboxylic acids is 2. The predicted octanol–water partition coefficient (Wildman–Crippen LogP) is 4.84. The normalized spacial score (nSPS) is 18.0. The molecule has 0 unspecified atom stereocenters. The van der Waals surface area contributed by atoms with E-state index in [1.165, 1.54) is 11.1 Å². The number of aryl methyl sites for hydroxylation is 2. The topological polar surface area (TPSA) is 57.9 Å². The van der Waals surface area contributed by atoms with Crippen LogP contribution in [0.5, 0.6) is 0 Å². The number of piperidine rings is 2. The number of benzene rings is 1. The summed E-state index contributed by atoms with van der Waals surface area (Å²) in [5, 5.41) is 4.43. The predicted molar refractivity (Wildman–Crippen MR) is 133 cm³/mol. The zero-order valence-electron chi connectivity index (χ0n) is 20.5. The molecule has 2 aliphatic rings. The quantitative estimate of drug-likeness (QED) is 0.564. The van der Waals surface area contributed by atoms with Gasteiger partial charge in [0.15, 0.2) is 0 Å². The number of aromatic nitrogens is 2. The summed E-state index contributed by atoms with van der Waals surface area (Å²) < 4.78 is 1.81. The molecule has 6 nitrogen and oxygen atoms in total. The molecule has 2 aromatic heterocycles. The molecule has 3 aromatic rings. The molecule has 178 valence electrons. The number of likely N-dealkylation sites (tertiary alicyclic amines) is 2.